The van der Waals surface area contributed by atoms with Crippen molar-refractivity contribution in [3.8, 4) is 0 Å². The van der Waals surface area contributed by atoms with E-state index < -0.39 is 0 Å². The van der Waals surface area contributed by atoms with E-state index >= 15 is 0 Å². The maximum Gasteiger partial charge on any atom is 0.0218 e. The largest absolute Gasteiger partial charge is 0.311 e. The van der Waals surface area contributed by atoms with Crippen molar-refractivity contribution >= 4 is 0 Å². The number of nitrogens with zero attached hydrogens (tertiary/aromatic N) is 1. The lowest BCUT2D eigenvalue weighted by atomic mass is 9.83. The fourth-order valence-corrected chi connectivity index (χ4v) is 2.74. The molecule has 0 radical (unpaired) electrons. The standard InChI is InChI=1S/C15H32N2/c1-7-13(11-16-14(2,3)4)17-10-8-9-15(5,6)12-17/h13,16H,7-12H2,1-6H3. The highest BCUT2D eigenvalue weighted by atomic mass is 15.2. The summed E-state index contributed by atoms with van der Waals surface area (Å²) in [6, 6.07) is 0.703. The van der Waals surface area contributed by atoms with E-state index in [9.17, 15) is 0 Å². The average molecular weight is 240 g/mol. The van der Waals surface area contributed by atoms with Crippen molar-refractivity contribution in [1.82, 2.24) is 10.2 Å². The van der Waals surface area contributed by atoms with Crippen LogP contribution >= 0.6 is 0 Å². The molecular weight excluding hydrogens is 208 g/mol. The Morgan fingerprint density at radius 3 is 2.41 bits per heavy atom. The van der Waals surface area contributed by atoms with Crippen molar-refractivity contribution in [3.05, 3.63) is 0 Å². The quantitative estimate of drug-likeness (QED) is 0.811. The van der Waals surface area contributed by atoms with Gasteiger partial charge in [-0.2, -0.15) is 0 Å². The Labute approximate surface area is 108 Å². The molecule has 1 atom stereocenters. The molecule has 0 aliphatic carbocycles. The van der Waals surface area contributed by atoms with E-state index in [-0.39, 0.29) is 5.54 Å². The van der Waals surface area contributed by atoms with E-state index in [1.54, 1.807) is 0 Å². The van der Waals surface area contributed by atoms with Crippen LogP contribution in [-0.4, -0.2) is 36.1 Å². The van der Waals surface area contributed by atoms with E-state index in [0.29, 0.717) is 11.5 Å². The van der Waals surface area contributed by atoms with E-state index in [2.05, 4.69) is 51.8 Å². The predicted octanol–water partition coefficient (Wildman–Crippen LogP) is 3.28. The summed E-state index contributed by atoms with van der Waals surface area (Å²) in [6.07, 6.45) is 3.99. The highest BCUT2D eigenvalue weighted by Gasteiger charge is 2.30. The summed E-state index contributed by atoms with van der Waals surface area (Å²) in [6.45, 7) is 17.5. The van der Waals surface area contributed by atoms with Gasteiger partial charge in [0.2, 0.25) is 0 Å². The Morgan fingerprint density at radius 2 is 1.94 bits per heavy atom. The number of hydrogen-bond donors (Lipinski definition) is 1. The summed E-state index contributed by atoms with van der Waals surface area (Å²) in [4.78, 5) is 2.70. The van der Waals surface area contributed by atoms with Crippen LogP contribution in [-0.2, 0) is 0 Å². The Morgan fingerprint density at radius 1 is 1.29 bits per heavy atom. The van der Waals surface area contributed by atoms with Gasteiger partial charge in [-0.15, -0.1) is 0 Å². The van der Waals surface area contributed by atoms with Crippen LogP contribution in [0, 0.1) is 5.41 Å². The Balaban J connectivity index is 2.49. The van der Waals surface area contributed by atoms with Crippen molar-refractivity contribution in [1.29, 1.82) is 0 Å². The highest BCUT2D eigenvalue weighted by Crippen LogP contribution is 2.29. The van der Waals surface area contributed by atoms with Gasteiger partial charge in [-0.1, -0.05) is 20.8 Å². The molecule has 1 unspecified atom stereocenters. The topological polar surface area (TPSA) is 15.3 Å². The number of rotatable bonds is 4. The van der Waals surface area contributed by atoms with Gasteiger partial charge in [0.15, 0.2) is 0 Å². The van der Waals surface area contributed by atoms with Crippen LogP contribution in [0.3, 0.4) is 0 Å². The van der Waals surface area contributed by atoms with Gasteiger partial charge in [0.1, 0.15) is 0 Å². The maximum atomic E-state index is 3.66. The molecule has 1 saturated heterocycles. The maximum absolute atomic E-state index is 3.66. The van der Waals surface area contributed by atoms with Crippen LogP contribution in [0.2, 0.25) is 0 Å². The number of hydrogen-bond acceptors (Lipinski definition) is 2. The minimum atomic E-state index is 0.235. The minimum absolute atomic E-state index is 0.235. The molecule has 1 N–H and O–H groups in total. The monoisotopic (exact) mass is 240 g/mol. The second-order valence-corrected chi connectivity index (χ2v) is 7.43. The molecule has 1 rings (SSSR count). The lowest BCUT2D eigenvalue weighted by molar-refractivity contribution is 0.0730. The zero-order chi connectivity index (χ0) is 13.1. The van der Waals surface area contributed by atoms with Crippen LogP contribution < -0.4 is 5.32 Å². The van der Waals surface area contributed by atoms with E-state index in [1.807, 2.05) is 0 Å². The minimum Gasteiger partial charge on any atom is -0.311 e. The molecule has 2 nitrogen and oxygen atoms in total. The Hall–Kier alpha value is -0.0800. The normalized spacial score (nSPS) is 23.6. The molecule has 0 aromatic carbocycles. The second kappa shape index (κ2) is 5.71. The SMILES string of the molecule is CCC(CNC(C)(C)C)N1CCCC(C)(C)C1. The van der Waals surface area contributed by atoms with Crippen LogP contribution in [0.25, 0.3) is 0 Å². The molecule has 0 aromatic rings. The van der Waals surface area contributed by atoms with Crippen LogP contribution in [0.1, 0.15) is 60.8 Å². The molecule has 0 spiro atoms. The van der Waals surface area contributed by atoms with Gasteiger partial charge in [-0.3, -0.25) is 4.90 Å². The van der Waals surface area contributed by atoms with Crippen molar-refractivity contribution in [2.24, 2.45) is 5.41 Å². The number of likely N-dealkylation sites (tertiary alicyclic amines) is 1. The number of piperidine rings is 1. The number of nitrogens with one attached hydrogen (secondary N) is 1. The Kier molecular flexibility index (Phi) is 5.03. The molecule has 0 saturated carbocycles. The molecule has 0 bridgehead atoms. The Bertz CT molecular complexity index is 228. The lowest BCUT2D eigenvalue weighted by Gasteiger charge is -2.43. The fraction of sp³-hybridized carbons (Fsp3) is 1.00. The zero-order valence-electron chi connectivity index (χ0n) is 12.8. The van der Waals surface area contributed by atoms with Crippen LogP contribution in [0.4, 0.5) is 0 Å². The molecule has 1 fully saturated rings. The summed E-state index contributed by atoms with van der Waals surface area (Å²) in [5.41, 5.74) is 0.742. The second-order valence-electron chi connectivity index (χ2n) is 7.43. The summed E-state index contributed by atoms with van der Waals surface area (Å²) >= 11 is 0. The molecule has 17 heavy (non-hydrogen) atoms. The van der Waals surface area contributed by atoms with Gasteiger partial charge in [0, 0.05) is 24.7 Å². The third-order valence-electron chi connectivity index (χ3n) is 3.79. The molecular formula is C15H32N2. The molecule has 0 aromatic heterocycles. The molecule has 2 heteroatoms. The zero-order valence-corrected chi connectivity index (χ0v) is 12.8. The summed E-state index contributed by atoms with van der Waals surface area (Å²) < 4.78 is 0. The van der Waals surface area contributed by atoms with Crippen molar-refractivity contribution in [2.75, 3.05) is 19.6 Å². The van der Waals surface area contributed by atoms with Crippen LogP contribution in [0.15, 0.2) is 0 Å². The first kappa shape index (κ1) is 15.0. The first-order valence-corrected chi connectivity index (χ1v) is 7.22. The van der Waals surface area contributed by atoms with Gasteiger partial charge in [-0.05, 0) is 52.0 Å². The van der Waals surface area contributed by atoms with Gasteiger partial charge in [0.25, 0.3) is 0 Å². The first-order chi connectivity index (χ1) is 7.73. The van der Waals surface area contributed by atoms with E-state index in [0.717, 1.165) is 6.54 Å². The third kappa shape index (κ3) is 5.39. The van der Waals surface area contributed by atoms with Crippen molar-refractivity contribution < 1.29 is 0 Å². The molecule has 1 heterocycles. The summed E-state index contributed by atoms with van der Waals surface area (Å²) in [5.74, 6) is 0. The predicted molar refractivity (Wildman–Crippen MR) is 76.4 cm³/mol. The lowest BCUT2D eigenvalue weighted by Crippen LogP contribution is -2.51. The van der Waals surface area contributed by atoms with Crippen LogP contribution in [0.5, 0.6) is 0 Å². The van der Waals surface area contributed by atoms with Gasteiger partial charge >= 0.3 is 0 Å². The smallest absolute Gasteiger partial charge is 0.0218 e. The molecule has 0 amide bonds. The first-order valence-electron chi connectivity index (χ1n) is 7.22. The van der Waals surface area contributed by atoms with E-state index in [4.69, 9.17) is 0 Å². The van der Waals surface area contributed by atoms with Gasteiger partial charge in [0.05, 0.1) is 0 Å². The summed E-state index contributed by atoms with van der Waals surface area (Å²) in [7, 11) is 0. The fourth-order valence-electron chi connectivity index (χ4n) is 2.74. The van der Waals surface area contributed by atoms with Crippen molar-refractivity contribution in [3.63, 3.8) is 0 Å². The van der Waals surface area contributed by atoms with Gasteiger partial charge in [-0.25, -0.2) is 0 Å². The molecule has 102 valence electrons. The summed E-state index contributed by atoms with van der Waals surface area (Å²) in [5, 5.41) is 3.66. The average Bonchev–Trinajstić information content (AvgIpc) is 2.15. The van der Waals surface area contributed by atoms with Crippen molar-refractivity contribution in [2.45, 2.75) is 72.4 Å². The highest BCUT2D eigenvalue weighted by molar-refractivity contribution is 4.85. The molecule has 1 aliphatic heterocycles. The third-order valence-corrected chi connectivity index (χ3v) is 3.79. The molecule has 1 aliphatic rings. The van der Waals surface area contributed by atoms with E-state index in [1.165, 1.54) is 32.4 Å². The van der Waals surface area contributed by atoms with Gasteiger partial charge < -0.3 is 5.32 Å².